The van der Waals surface area contributed by atoms with Crippen LogP contribution in [-0.4, -0.2) is 11.5 Å². The SMILES string of the molecule is NCCCCc1c(-c2cccc(F)c2)[nH]c2ccc(C(F)(F)F)cc12. The summed E-state index contributed by atoms with van der Waals surface area (Å²) >= 11 is 0. The van der Waals surface area contributed by atoms with Crippen molar-refractivity contribution in [1.29, 1.82) is 0 Å². The molecule has 0 spiro atoms. The molecule has 1 heterocycles. The van der Waals surface area contributed by atoms with Gasteiger partial charge in [-0.3, -0.25) is 0 Å². The van der Waals surface area contributed by atoms with Gasteiger partial charge in [0.1, 0.15) is 5.82 Å². The summed E-state index contributed by atoms with van der Waals surface area (Å²) in [7, 11) is 0. The Hall–Kier alpha value is -2.34. The second kappa shape index (κ2) is 6.88. The van der Waals surface area contributed by atoms with Gasteiger partial charge in [-0.2, -0.15) is 13.2 Å². The van der Waals surface area contributed by atoms with E-state index in [-0.39, 0.29) is 5.82 Å². The van der Waals surface area contributed by atoms with Gasteiger partial charge >= 0.3 is 6.18 Å². The number of aromatic nitrogens is 1. The zero-order chi connectivity index (χ0) is 18.0. The number of nitrogens with two attached hydrogens (primary N) is 1. The van der Waals surface area contributed by atoms with E-state index in [1.54, 1.807) is 12.1 Å². The van der Waals surface area contributed by atoms with Gasteiger partial charge in [0.15, 0.2) is 0 Å². The van der Waals surface area contributed by atoms with Crippen LogP contribution in [0, 0.1) is 5.82 Å². The van der Waals surface area contributed by atoms with Crippen LogP contribution in [0.3, 0.4) is 0 Å². The summed E-state index contributed by atoms with van der Waals surface area (Å²) in [5, 5.41) is 0.520. The third kappa shape index (κ3) is 3.69. The molecule has 0 saturated heterocycles. The molecule has 0 aliphatic rings. The van der Waals surface area contributed by atoms with Crippen molar-refractivity contribution in [2.45, 2.75) is 25.4 Å². The molecule has 6 heteroatoms. The molecule has 3 aromatic rings. The lowest BCUT2D eigenvalue weighted by Crippen LogP contribution is -2.04. The molecule has 0 unspecified atom stereocenters. The normalized spacial score (nSPS) is 12.0. The molecule has 3 rings (SSSR count). The molecule has 0 radical (unpaired) electrons. The second-order valence-electron chi connectivity index (χ2n) is 5.99. The number of aromatic amines is 1. The van der Waals surface area contributed by atoms with Crippen molar-refractivity contribution in [1.82, 2.24) is 4.98 Å². The number of halogens is 4. The first-order valence-electron chi connectivity index (χ1n) is 8.08. The van der Waals surface area contributed by atoms with Crippen LogP contribution in [0.4, 0.5) is 17.6 Å². The van der Waals surface area contributed by atoms with Crippen molar-refractivity contribution in [2.75, 3.05) is 6.54 Å². The zero-order valence-corrected chi connectivity index (χ0v) is 13.5. The number of aryl methyl sites for hydroxylation is 1. The van der Waals surface area contributed by atoms with Crippen LogP contribution in [0.25, 0.3) is 22.2 Å². The van der Waals surface area contributed by atoms with Crippen LogP contribution in [0.2, 0.25) is 0 Å². The van der Waals surface area contributed by atoms with E-state index in [0.717, 1.165) is 30.5 Å². The van der Waals surface area contributed by atoms with Gasteiger partial charge in [-0.05, 0) is 61.7 Å². The summed E-state index contributed by atoms with van der Waals surface area (Å²) in [5.41, 5.74) is 7.48. The third-order valence-electron chi connectivity index (χ3n) is 4.23. The van der Waals surface area contributed by atoms with Crippen LogP contribution in [0.15, 0.2) is 42.5 Å². The van der Waals surface area contributed by atoms with Gasteiger partial charge < -0.3 is 10.7 Å². The number of rotatable bonds is 5. The topological polar surface area (TPSA) is 41.8 Å². The molecule has 0 saturated carbocycles. The molecule has 132 valence electrons. The third-order valence-corrected chi connectivity index (χ3v) is 4.23. The van der Waals surface area contributed by atoms with Crippen LogP contribution >= 0.6 is 0 Å². The largest absolute Gasteiger partial charge is 0.416 e. The number of benzene rings is 2. The van der Waals surface area contributed by atoms with Crippen LogP contribution in [0.5, 0.6) is 0 Å². The molecule has 0 bridgehead atoms. The lowest BCUT2D eigenvalue weighted by Gasteiger charge is -2.08. The molecule has 0 fully saturated rings. The minimum absolute atomic E-state index is 0.389. The van der Waals surface area contributed by atoms with Gasteiger partial charge in [-0.15, -0.1) is 0 Å². The Morgan fingerprint density at radius 3 is 2.48 bits per heavy atom. The predicted molar refractivity (Wildman–Crippen MR) is 90.7 cm³/mol. The first-order chi connectivity index (χ1) is 11.9. The number of unbranched alkanes of at least 4 members (excludes halogenated alkanes) is 1. The Morgan fingerprint density at radius 2 is 1.80 bits per heavy atom. The van der Waals surface area contributed by atoms with Crippen molar-refractivity contribution in [3.8, 4) is 11.3 Å². The molecule has 0 amide bonds. The van der Waals surface area contributed by atoms with Crippen LogP contribution in [0.1, 0.15) is 24.0 Å². The molecular formula is C19H18F4N2. The fourth-order valence-electron chi connectivity index (χ4n) is 3.02. The lowest BCUT2D eigenvalue weighted by molar-refractivity contribution is -0.137. The summed E-state index contributed by atoms with van der Waals surface area (Å²) in [6.45, 7) is 0.519. The molecule has 1 aromatic heterocycles. The first-order valence-corrected chi connectivity index (χ1v) is 8.08. The van der Waals surface area contributed by atoms with Crippen LogP contribution < -0.4 is 5.73 Å². The minimum Gasteiger partial charge on any atom is -0.354 e. The van der Waals surface area contributed by atoms with Crippen molar-refractivity contribution in [3.05, 3.63) is 59.4 Å². The number of hydrogen-bond acceptors (Lipinski definition) is 1. The smallest absolute Gasteiger partial charge is 0.354 e. The number of fused-ring (bicyclic) bond motifs is 1. The van der Waals surface area contributed by atoms with E-state index < -0.39 is 11.7 Å². The monoisotopic (exact) mass is 350 g/mol. The zero-order valence-electron chi connectivity index (χ0n) is 13.5. The Morgan fingerprint density at radius 1 is 1.00 bits per heavy atom. The van der Waals surface area contributed by atoms with Gasteiger partial charge in [0, 0.05) is 22.2 Å². The van der Waals surface area contributed by atoms with E-state index in [4.69, 9.17) is 5.73 Å². The van der Waals surface area contributed by atoms with Crippen molar-refractivity contribution in [2.24, 2.45) is 5.73 Å². The molecule has 0 aliphatic carbocycles. The average Bonchev–Trinajstić information content (AvgIpc) is 2.92. The maximum Gasteiger partial charge on any atom is 0.416 e. The number of H-pyrrole nitrogens is 1. The van der Waals surface area contributed by atoms with Gasteiger partial charge in [-0.25, -0.2) is 4.39 Å². The highest BCUT2D eigenvalue weighted by Gasteiger charge is 2.31. The minimum atomic E-state index is -4.40. The van der Waals surface area contributed by atoms with Crippen molar-refractivity contribution in [3.63, 3.8) is 0 Å². The van der Waals surface area contributed by atoms with E-state index in [0.29, 0.717) is 35.1 Å². The van der Waals surface area contributed by atoms with Gasteiger partial charge in [0.25, 0.3) is 0 Å². The highest BCUT2D eigenvalue weighted by molar-refractivity contribution is 5.91. The molecule has 0 aliphatic heterocycles. The fourth-order valence-corrected chi connectivity index (χ4v) is 3.02. The molecule has 2 nitrogen and oxygen atoms in total. The maximum absolute atomic E-state index is 13.6. The van der Waals surface area contributed by atoms with Crippen molar-refractivity contribution < 1.29 is 17.6 Å². The van der Waals surface area contributed by atoms with E-state index in [9.17, 15) is 17.6 Å². The highest BCUT2D eigenvalue weighted by Crippen LogP contribution is 2.36. The first kappa shape index (κ1) is 17.5. The number of nitrogens with one attached hydrogen (secondary N) is 1. The predicted octanol–water partition coefficient (Wildman–Crippen LogP) is 5.27. The summed E-state index contributed by atoms with van der Waals surface area (Å²) in [6.07, 6.45) is -2.31. The Kier molecular flexibility index (Phi) is 4.81. The summed E-state index contributed by atoms with van der Waals surface area (Å²) in [6, 6.07) is 9.67. The Labute approximate surface area is 142 Å². The van der Waals surface area contributed by atoms with Crippen molar-refractivity contribution >= 4 is 10.9 Å². The Bertz CT molecular complexity index is 881. The van der Waals surface area contributed by atoms with Gasteiger partial charge in [0.05, 0.1) is 5.56 Å². The van der Waals surface area contributed by atoms with Gasteiger partial charge in [-0.1, -0.05) is 12.1 Å². The Balaban J connectivity index is 2.16. The van der Waals surface area contributed by atoms with E-state index in [2.05, 4.69) is 4.98 Å². The average molecular weight is 350 g/mol. The summed E-state index contributed by atoms with van der Waals surface area (Å²) < 4.78 is 52.8. The highest BCUT2D eigenvalue weighted by atomic mass is 19.4. The quantitative estimate of drug-likeness (QED) is 0.477. The molecule has 0 atom stereocenters. The van der Waals surface area contributed by atoms with Crippen LogP contribution in [-0.2, 0) is 12.6 Å². The number of hydrogen-bond donors (Lipinski definition) is 2. The fraction of sp³-hybridized carbons (Fsp3) is 0.263. The second-order valence-corrected chi connectivity index (χ2v) is 5.99. The summed E-state index contributed by atoms with van der Waals surface area (Å²) in [5.74, 6) is -0.389. The summed E-state index contributed by atoms with van der Waals surface area (Å²) in [4.78, 5) is 3.15. The molecular weight excluding hydrogens is 332 g/mol. The van der Waals surface area contributed by atoms with E-state index in [1.165, 1.54) is 18.2 Å². The van der Waals surface area contributed by atoms with Gasteiger partial charge in [0.2, 0.25) is 0 Å². The number of alkyl halides is 3. The molecule has 2 aromatic carbocycles. The van der Waals surface area contributed by atoms with E-state index >= 15 is 0 Å². The lowest BCUT2D eigenvalue weighted by atomic mass is 9.99. The molecule has 25 heavy (non-hydrogen) atoms. The van der Waals surface area contributed by atoms with E-state index in [1.807, 2.05) is 0 Å². The molecule has 3 N–H and O–H groups in total. The standard InChI is InChI=1S/C19H18F4N2/c20-14-5-3-4-12(10-14)18-15(6-1-2-9-24)16-11-13(19(21,22)23)7-8-17(16)25-18/h3-5,7-8,10-11,25H,1-2,6,9,24H2. The maximum atomic E-state index is 13.6.